The molecule has 12 heteroatoms. The lowest BCUT2D eigenvalue weighted by Crippen LogP contribution is -2.29. The number of hydrogen-bond acceptors (Lipinski definition) is 7. The number of nitrogens with two attached hydrogens (primary N) is 1. The van der Waals surface area contributed by atoms with E-state index in [0.29, 0.717) is 31.7 Å². The number of H-pyrrole nitrogens is 1. The van der Waals surface area contributed by atoms with Crippen LogP contribution in [-0.2, 0) is 11.1 Å². The molecule has 11 nitrogen and oxygen atoms in total. The molecule has 0 radical (unpaired) electrons. The standard InChI is InChI=1S/C13H20N7O4P/c14-3-1-4-19(7-8-25(22,23)24)5-2-6-20-9-16-10-11(20)17-13(15)18-12(10)21/h9H,1-2,4-8H2,(H2,22,23,24)(H3,15,17,18,21). The van der Waals surface area contributed by atoms with Gasteiger partial charge in [-0.05, 0) is 13.0 Å². The molecule has 0 aliphatic heterocycles. The van der Waals surface area contributed by atoms with E-state index in [1.807, 2.05) is 11.0 Å². The third-order valence-corrected chi connectivity index (χ3v) is 4.40. The number of aromatic nitrogens is 4. The maximum atomic E-state index is 11.7. The third kappa shape index (κ3) is 5.65. The van der Waals surface area contributed by atoms with E-state index in [1.165, 1.54) is 6.33 Å². The van der Waals surface area contributed by atoms with Crippen molar-refractivity contribution < 1.29 is 14.4 Å². The predicted octanol–water partition coefficient (Wildman–Crippen LogP) is -0.515. The predicted molar refractivity (Wildman–Crippen MR) is 90.8 cm³/mol. The molecular formula is C13H20N7O4P. The minimum absolute atomic E-state index is 0.0107. The number of hydrogen-bond donors (Lipinski definition) is 4. The molecule has 0 aliphatic rings. The Morgan fingerprint density at radius 1 is 1.40 bits per heavy atom. The molecule has 0 atom stereocenters. The summed E-state index contributed by atoms with van der Waals surface area (Å²) >= 11 is 0. The Labute approximate surface area is 143 Å². The van der Waals surface area contributed by atoms with Crippen LogP contribution in [0.25, 0.3) is 11.2 Å². The normalized spacial score (nSPS) is 11.9. The molecule has 25 heavy (non-hydrogen) atoms. The first kappa shape index (κ1) is 19.1. The van der Waals surface area contributed by atoms with Gasteiger partial charge < -0.3 is 25.0 Å². The molecule has 0 bridgehead atoms. The summed E-state index contributed by atoms with van der Waals surface area (Å²) in [6.07, 6.45) is 2.16. The molecule has 0 fully saturated rings. The highest BCUT2D eigenvalue weighted by Gasteiger charge is 2.16. The maximum absolute atomic E-state index is 11.7. The molecule has 0 saturated heterocycles. The highest BCUT2D eigenvalue weighted by Crippen LogP contribution is 2.33. The van der Waals surface area contributed by atoms with Crippen molar-refractivity contribution in [3.8, 4) is 6.07 Å². The van der Waals surface area contributed by atoms with Crippen molar-refractivity contribution >= 4 is 24.7 Å². The van der Waals surface area contributed by atoms with Crippen LogP contribution in [0.2, 0.25) is 0 Å². The lowest BCUT2D eigenvalue weighted by Gasteiger charge is -2.21. The van der Waals surface area contributed by atoms with Gasteiger partial charge in [0.25, 0.3) is 5.56 Å². The van der Waals surface area contributed by atoms with E-state index >= 15 is 0 Å². The van der Waals surface area contributed by atoms with E-state index < -0.39 is 13.2 Å². The molecule has 2 aromatic rings. The fourth-order valence-corrected chi connectivity index (χ4v) is 2.96. The molecule has 2 aromatic heterocycles. The van der Waals surface area contributed by atoms with Gasteiger partial charge in [-0.2, -0.15) is 10.2 Å². The third-order valence-electron chi connectivity index (χ3n) is 3.61. The summed E-state index contributed by atoms with van der Waals surface area (Å²) in [7, 11) is -4.08. The molecule has 0 saturated carbocycles. The molecule has 2 rings (SSSR count). The van der Waals surface area contributed by atoms with Crippen molar-refractivity contribution in [1.29, 1.82) is 5.26 Å². The summed E-state index contributed by atoms with van der Waals surface area (Å²) in [6, 6.07) is 2.02. The first-order chi connectivity index (χ1) is 11.8. The smallest absolute Gasteiger partial charge is 0.326 e. The van der Waals surface area contributed by atoms with Crippen LogP contribution in [0.3, 0.4) is 0 Å². The van der Waals surface area contributed by atoms with Gasteiger partial charge in [0.05, 0.1) is 18.6 Å². The number of nitrogens with one attached hydrogen (secondary N) is 1. The largest absolute Gasteiger partial charge is 0.369 e. The number of nitrogens with zero attached hydrogens (tertiary/aromatic N) is 5. The first-order valence-corrected chi connectivity index (χ1v) is 9.44. The van der Waals surface area contributed by atoms with Crippen molar-refractivity contribution in [3.05, 3.63) is 16.7 Å². The SMILES string of the molecule is N#CCCN(CCCn1cnc2c(=O)[nH]c(N)nc21)CCP(=O)(O)O. The second kappa shape index (κ2) is 8.22. The van der Waals surface area contributed by atoms with Gasteiger partial charge >= 0.3 is 7.60 Å². The number of nitrogen functional groups attached to an aromatic ring is 1. The number of imidazole rings is 1. The lowest BCUT2D eigenvalue weighted by molar-refractivity contribution is 0.277. The molecule has 0 aliphatic carbocycles. The maximum Gasteiger partial charge on any atom is 0.326 e. The fraction of sp³-hybridized carbons (Fsp3) is 0.538. The van der Waals surface area contributed by atoms with Gasteiger partial charge in [-0.3, -0.25) is 14.3 Å². The minimum atomic E-state index is -4.08. The highest BCUT2D eigenvalue weighted by molar-refractivity contribution is 7.51. The summed E-state index contributed by atoms with van der Waals surface area (Å²) in [5.41, 5.74) is 5.73. The summed E-state index contributed by atoms with van der Waals surface area (Å²) in [5, 5.41) is 8.69. The van der Waals surface area contributed by atoms with E-state index in [1.54, 1.807) is 4.57 Å². The van der Waals surface area contributed by atoms with Crippen molar-refractivity contribution in [3.63, 3.8) is 0 Å². The summed E-state index contributed by atoms with van der Waals surface area (Å²) < 4.78 is 12.7. The topological polar surface area (TPSA) is 174 Å². The molecule has 136 valence electrons. The van der Waals surface area contributed by atoms with Crippen molar-refractivity contribution in [2.75, 3.05) is 31.5 Å². The van der Waals surface area contributed by atoms with E-state index in [0.717, 1.165) is 0 Å². The zero-order chi connectivity index (χ0) is 18.4. The van der Waals surface area contributed by atoms with Crippen LogP contribution in [0.1, 0.15) is 12.8 Å². The first-order valence-electron chi connectivity index (χ1n) is 7.64. The Kier molecular flexibility index (Phi) is 6.27. The van der Waals surface area contributed by atoms with Crippen LogP contribution in [0.5, 0.6) is 0 Å². The molecule has 0 aromatic carbocycles. The fourth-order valence-electron chi connectivity index (χ4n) is 2.41. The number of aromatic amines is 1. The summed E-state index contributed by atoms with van der Waals surface area (Å²) in [6.45, 7) is 1.69. The lowest BCUT2D eigenvalue weighted by atomic mass is 10.3. The number of nitriles is 1. The van der Waals surface area contributed by atoms with Crippen LogP contribution in [0, 0.1) is 11.3 Å². The van der Waals surface area contributed by atoms with Gasteiger partial charge in [-0.25, -0.2) is 4.98 Å². The zero-order valence-electron chi connectivity index (χ0n) is 13.5. The molecule has 2 heterocycles. The molecule has 0 amide bonds. The number of rotatable bonds is 9. The second-order valence-corrected chi connectivity index (χ2v) is 7.33. The van der Waals surface area contributed by atoms with Gasteiger partial charge in [-0.15, -0.1) is 0 Å². The van der Waals surface area contributed by atoms with Crippen LogP contribution < -0.4 is 11.3 Å². The molecule has 0 unspecified atom stereocenters. The highest BCUT2D eigenvalue weighted by atomic mass is 31.2. The Bertz CT molecular complexity index is 865. The average molecular weight is 369 g/mol. The Morgan fingerprint density at radius 2 is 2.16 bits per heavy atom. The quantitative estimate of drug-likeness (QED) is 0.424. The van der Waals surface area contributed by atoms with E-state index in [4.69, 9.17) is 20.8 Å². The van der Waals surface area contributed by atoms with Gasteiger partial charge in [0.1, 0.15) is 0 Å². The van der Waals surface area contributed by atoms with Gasteiger partial charge in [0.15, 0.2) is 11.2 Å². The van der Waals surface area contributed by atoms with Gasteiger partial charge in [0, 0.05) is 26.1 Å². The van der Waals surface area contributed by atoms with Gasteiger partial charge in [0.2, 0.25) is 5.95 Å². The number of anilines is 1. The van der Waals surface area contributed by atoms with Crippen LogP contribution in [0.4, 0.5) is 5.95 Å². The van der Waals surface area contributed by atoms with E-state index in [-0.39, 0.29) is 30.6 Å². The second-order valence-electron chi connectivity index (χ2n) is 5.55. The summed E-state index contributed by atoms with van der Waals surface area (Å²) in [4.78, 5) is 42.0. The van der Waals surface area contributed by atoms with Gasteiger partial charge in [-0.1, -0.05) is 0 Å². The monoisotopic (exact) mass is 369 g/mol. The van der Waals surface area contributed by atoms with Crippen molar-refractivity contribution in [1.82, 2.24) is 24.4 Å². The zero-order valence-corrected chi connectivity index (χ0v) is 14.4. The van der Waals surface area contributed by atoms with Crippen molar-refractivity contribution in [2.24, 2.45) is 0 Å². The van der Waals surface area contributed by atoms with Crippen LogP contribution in [-0.4, -0.2) is 60.0 Å². The van der Waals surface area contributed by atoms with Crippen LogP contribution >= 0.6 is 7.60 Å². The number of fused-ring (bicyclic) bond motifs is 1. The number of aryl methyl sites for hydroxylation is 1. The van der Waals surface area contributed by atoms with Crippen molar-refractivity contribution in [2.45, 2.75) is 19.4 Å². The Hall–Kier alpha value is -2.25. The molecule has 0 spiro atoms. The minimum Gasteiger partial charge on any atom is -0.369 e. The van der Waals surface area contributed by atoms with E-state index in [9.17, 15) is 9.36 Å². The average Bonchev–Trinajstić information content (AvgIpc) is 2.92. The summed E-state index contributed by atoms with van der Waals surface area (Å²) in [5.74, 6) is 0.0107. The van der Waals surface area contributed by atoms with E-state index in [2.05, 4.69) is 15.0 Å². The Morgan fingerprint density at radius 3 is 2.84 bits per heavy atom. The Balaban J connectivity index is 1.98. The molecule has 5 N–H and O–H groups in total. The molecular weight excluding hydrogens is 349 g/mol. The van der Waals surface area contributed by atoms with Crippen LogP contribution in [0.15, 0.2) is 11.1 Å².